The predicted molar refractivity (Wildman–Crippen MR) is 122 cm³/mol. The van der Waals surface area contributed by atoms with Gasteiger partial charge in [0, 0.05) is 18.2 Å². The minimum absolute atomic E-state index is 0. The second-order valence-corrected chi connectivity index (χ2v) is 7.43. The molecule has 0 unspecified atom stereocenters. The van der Waals surface area contributed by atoms with Gasteiger partial charge in [-0.15, -0.1) is 12.4 Å². The molecule has 0 aliphatic carbocycles. The molecule has 31 heavy (non-hydrogen) atoms. The molecule has 1 saturated heterocycles. The molecular weight excluding hydrogens is 418 g/mol. The van der Waals surface area contributed by atoms with Crippen LogP contribution in [-0.2, 0) is 0 Å². The molecule has 0 bridgehead atoms. The number of para-hydroxylation sites is 1. The van der Waals surface area contributed by atoms with Gasteiger partial charge in [-0.25, -0.2) is 0 Å². The molecule has 2 heterocycles. The molecule has 2 aliphatic heterocycles. The quantitative estimate of drug-likeness (QED) is 0.437. The fraction of sp³-hybridized carbons (Fsp3) is 0.375. The molecule has 0 radical (unpaired) electrons. The van der Waals surface area contributed by atoms with Crippen molar-refractivity contribution >= 4 is 24.3 Å². The van der Waals surface area contributed by atoms with Crippen LogP contribution < -0.4 is 18.9 Å². The average molecular weight is 446 g/mol. The van der Waals surface area contributed by atoms with Crippen LogP contribution in [0.5, 0.6) is 23.0 Å². The summed E-state index contributed by atoms with van der Waals surface area (Å²) in [6, 6.07) is 10.9. The zero-order valence-electron chi connectivity index (χ0n) is 17.9. The third-order valence-electron chi connectivity index (χ3n) is 5.45. The molecule has 2 aliphatic rings. The first-order valence-electron chi connectivity index (χ1n) is 10.3. The molecule has 2 aromatic rings. The van der Waals surface area contributed by atoms with Crippen molar-refractivity contribution < 1.29 is 23.7 Å². The number of hydrogen-bond acceptors (Lipinski definition) is 6. The van der Waals surface area contributed by atoms with Gasteiger partial charge in [-0.1, -0.05) is 12.1 Å². The van der Waals surface area contributed by atoms with E-state index in [0.717, 1.165) is 13.0 Å². The number of nitrogens with zero attached hydrogens (tertiary/aromatic N) is 1. The molecule has 0 amide bonds. The summed E-state index contributed by atoms with van der Waals surface area (Å²) in [5.41, 5.74) is 1.25. The topological polar surface area (TPSA) is 57.2 Å². The molecule has 0 spiro atoms. The van der Waals surface area contributed by atoms with E-state index >= 15 is 0 Å². The smallest absolute Gasteiger partial charge is 0.231 e. The number of carbonyl (C=O) groups is 1. The Bertz CT molecular complexity index is 953. The Kier molecular flexibility index (Phi) is 7.82. The molecule has 0 aromatic heterocycles. The minimum atomic E-state index is -0.157. The molecule has 2 aromatic carbocycles. The second-order valence-electron chi connectivity index (χ2n) is 7.43. The van der Waals surface area contributed by atoms with Crippen LogP contribution in [0.1, 0.15) is 35.2 Å². The number of benzene rings is 2. The SMILES string of the molecule is COc1cccc(/C=C2\Oc3cc(OCCCN4CCCC4)ccc3C2=O)c1OC.Cl. The average Bonchev–Trinajstić information content (AvgIpc) is 3.39. The maximum atomic E-state index is 12.8. The molecule has 7 heteroatoms. The highest BCUT2D eigenvalue weighted by atomic mass is 35.5. The third kappa shape index (κ3) is 5.14. The van der Waals surface area contributed by atoms with Crippen LogP contribution in [0.25, 0.3) is 6.08 Å². The molecule has 0 saturated carbocycles. The second kappa shape index (κ2) is 10.6. The van der Waals surface area contributed by atoms with Crippen molar-refractivity contribution in [1.82, 2.24) is 4.90 Å². The molecule has 4 rings (SSSR count). The number of halogens is 1. The summed E-state index contributed by atoms with van der Waals surface area (Å²) in [4.78, 5) is 15.2. The molecule has 0 atom stereocenters. The van der Waals surface area contributed by atoms with Crippen LogP contribution in [-0.4, -0.2) is 51.1 Å². The Labute approximate surface area is 189 Å². The van der Waals surface area contributed by atoms with Crippen LogP contribution in [0.2, 0.25) is 0 Å². The fourth-order valence-corrected chi connectivity index (χ4v) is 3.91. The van der Waals surface area contributed by atoms with Crippen molar-refractivity contribution in [1.29, 1.82) is 0 Å². The highest BCUT2D eigenvalue weighted by molar-refractivity contribution is 6.14. The van der Waals surface area contributed by atoms with Crippen molar-refractivity contribution in [2.45, 2.75) is 19.3 Å². The Balaban J connectivity index is 0.00000272. The van der Waals surface area contributed by atoms with E-state index in [4.69, 9.17) is 18.9 Å². The summed E-state index contributed by atoms with van der Waals surface area (Å²) < 4.78 is 22.5. The number of Topliss-reactive ketones (excluding diaryl/α,β-unsaturated/α-hetero) is 1. The van der Waals surface area contributed by atoms with E-state index in [1.54, 1.807) is 38.5 Å². The lowest BCUT2D eigenvalue weighted by Crippen LogP contribution is -2.21. The van der Waals surface area contributed by atoms with E-state index in [1.807, 2.05) is 18.2 Å². The number of fused-ring (bicyclic) bond motifs is 1. The van der Waals surface area contributed by atoms with E-state index in [0.29, 0.717) is 40.7 Å². The third-order valence-corrected chi connectivity index (χ3v) is 5.45. The van der Waals surface area contributed by atoms with Crippen LogP contribution in [0.4, 0.5) is 0 Å². The van der Waals surface area contributed by atoms with Gasteiger partial charge in [-0.05, 0) is 56.6 Å². The van der Waals surface area contributed by atoms with Crippen LogP contribution in [0.3, 0.4) is 0 Å². The van der Waals surface area contributed by atoms with Gasteiger partial charge < -0.3 is 23.8 Å². The zero-order chi connectivity index (χ0) is 20.9. The summed E-state index contributed by atoms with van der Waals surface area (Å²) in [6.45, 7) is 4.10. The standard InChI is InChI=1S/C24H27NO5.ClH/c1-27-20-8-5-7-17(24(20)28-2)15-22-23(26)19-10-9-18(16-21(19)30-22)29-14-6-13-25-11-3-4-12-25;/h5,7-10,15-16H,3-4,6,11-14H2,1-2H3;1H/b22-15-;. The number of likely N-dealkylation sites (tertiary alicyclic amines) is 1. The Morgan fingerprint density at radius 1 is 1.10 bits per heavy atom. The van der Waals surface area contributed by atoms with Crippen molar-refractivity contribution in [3.63, 3.8) is 0 Å². The van der Waals surface area contributed by atoms with Crippen molar-refractivity contribution in [3.05, 3.63) is 53.3 Å². The maximum absolute atomic E-state index is 12.8. The number of ketones is 1. The molecular formula is C24H28ClNO5. The number of methoxy groups -OCH3 is 2. The van der Waals surface area contributed by atoms with Crippen molar-refractivity contribution in [3.8, 4) is 23.0 Å². The van der Waals surface area contributed by atoms with E-state index < -0.39 is 0 Å². The lowest BCUT2D eigenvalue weighted by Gasteiger charge is -2.14. The Morgan fingerprint density at radius 2 is 1.90 bits per heavy atom. The van der Waals surface area contributed by atoms with Gasteiger partial charge in [0.25, 0.3) is 0 Å². The summed E-state index contributed by atoms with van der Waals surface area (Å²) in [7, 11) is 3.15. The van der Waals surface area contributed by atoms with Gasteiger partial charge in [0.05, 0.1) is 26.4 Å². The van der Waals surface area contributed by atoms with E-state index in [2.05, 4.69) is 4.90 Å². The maximum Gasteiger partial charge on any atom is 0.231 e. The van der Waals surface area contributed by atoms with Gasteiger partial charge in [0.2, 0.25) is 5.78 Å². The summed E-state index contributed by atoms with van der Waals surface area (Å²) in [6.07, 6.45) is 5.26. The largest absolute Gasteiger partial charge is 0.493 e. The number of rotatable bonds is 8. The molecule has 1 fully saturated rings. The van der Waals surface area contributed by atoms with Gasteiger partial charge in [-0.2, -0.15) is 0 Å². The van der Waals surface area contributed by atoms with E-state index in [-0.39, 0.29) is 23.9 Å². The molecule has 166 valence electrons. The Morgan fingerprint density at radius 3 is 2.65 bits per heavy atom. The first kappa shape index (κ1) is 23.0. The number of ether oxygens (including phenoxy) is 4. The van der Waals surface area contributed by atoms with Crippen LogP contribution >= 0.6 is 12.4 Å². The highest BCUT2D eigenvalue weighted by Crippen LogP contribution is 2.37. The van der Waals surface area contributed by atoms with Crippen molar-refractivity contribution in [2.75, 3.05) is 40.5 Å². The van der Waals surface area contributed by atoms with Crippen LogP contribution in [0, 0.1) is 0 Å². The Hall–Kier alpha value is -2.70. The first-order valence-corrected chi connectivity index (χ1v) is 10.3. The summed E-state index contributed by atoms with van der Waals surface area (Å²) in [5, 5.41) is 0. The van der Waals surface area contributed by atoms with Gasteiger partial charge >= 0.3 is 0 Å². The number of carbonyl (C=O) groups excluding carboxylic acids is 1. The molecule has 6 nitrogen and oxygen atoms in total. The predicted octanol–water partition coefficient (Wildman–Crippen LogP) is 4.61. The summed E-state index contributed by atoms with van der Waals surface area (Å²) in [5.74, 6) is 2.48. The lowest BCUT2D eigenvalue weighted by molar-refractivity contribution is 0.101. The monoisotopic (exact) mass is 445 g/mol. The lowest BCUT2D eigenvalue weighted by atomic mass is 10.1. The van der Waals surface area contributed by atoms with Gasteiger partial charge in [-0.3, -0.25) is 4.79 Å². The number of allylic oxidation sites excluding steroid dienone is 1. The number of hydrogen-bond donors (Lipinski definition) is 0. The summed E-state index contributed by atoms with van der Waals surface area (Å²) >= 11 is 0. The minimum Gasteiger partial charge on any atom is -0.493 e. The van der Waals surface area contributed by atoms with Gasteiger partial charge in [0.15, 0.2) is 17.3 Å². The van der Waals surface area contributed by atoms with Gasteiger partial charge in [0.1, 0.15) is 11.5 Å². The van der Waals surface area contributed by atoms with E-state index in [9.17, 15) is 4.79 Å². The fourth-order valence-electron chi connectivity index (χ4n) is 3.91. The molecule has 0 N–H and O–H groups in total. The van der Waals surface area contributed by atoms with Crippen molar-refractivity contribution in [2.24, 2.45) is 0 Å². The zero-order valence-corrected chi connectivity index (χ0v) is 18.7. The van der Waals surface area contributed by atoms with Crippen LogP contribution in [0.15, 0.2) is 42.2 Å². The normalized spacial score (nSPS) is 16.6. The first-order chi connectivity index (χ1) is 14.7. The van der Waals surface area contributed by atoms with E-state index in [1.165, 1.54) is 25.9 Å². The highest BCUT2D eigenvalue weighted by Gasteiger charge is 2.28.